The van der Waals surface area contributed by atoms with E-state index in [-0.39, 0.29) is 24.4 Å². The Kier molecular flexibility index (Phi) is 3.74. The van der Waals surface area contributed by atoms with Crippen LogP contribution < -0.4 is 14.2 Å². The van der Waals surface area contributed by atoms with E-state index in [0.29, 0.717) is 22.8 Å². The molecule has 0 saturated heterocycles. The first kappa shape index (κ1) is 13.4. The van der Waals surface area contributed by atoms with Crippen LogP contribution in [-0.2, 0) is 9.59 Å². The zero-order valence-corrected chi connectivity index (χ0v) is 11.2. The molecule has 1 saturated carbocycles. The minimum absolute atomic E-state index is 0.0109. The number of hydrogen-bond donors (Lipinski definition) is 0. The van der Waals surface area contributed by atoms with E-state index >= 15 is 0 Å². The highest BCUT2D eigenvalue weighted by Crippen LogP contribution is 2.43. The van der Waals surface area contributed by atoms with Gasteiger partial charge in [0.25, 0.3) is 0 Å². The Bertz CT molecular complexity index is 496. The third-order valence-corrected chi connectivity index (χ3v) is 3.29. The lowest BCUT2D eigenvalue weighted by Crippen LogP contribution is -2.08. The van der Waals surface area contributed by atoms with Crippen molar-refractivity contribution in [1.82, 2.24) is 0 Å². The highest BCUT2D eigenvalue weighted by Gasteiger charge is 2.36. The van der Waals surface area contributed by atoms with Crippen molar-refractivity contribution in [2.75, 3.05) is 21.3 Å². The normalized spacial score (nSPS) is 18.6. The molecular weight excluding hydrogens is 248 g/mol. The van der Waals surface area contributed by atoms with Crippen LogP contribution in [0.3, 0.4) is 0 Å². The summed E-state index contributed by atoms with van der Waals surface area (Å²) in [5, 5.41) is 0. The Morgan fingerprint density at radius 1 is 1.00 bits per heavy atom. The first-order valence-corrected chi connectivity index (χ1v) is 5.95. The highest BCUT2D eigenvalue weighted by atomic mass is 16.5. The molecule has 0 bridgehead atoms. The first-order chi connectivity index (χ1) is 9.10. The summed E-state index contributed by atoms with van der Waals surface area (Å²) in [6, 6.07) is 3.38. The highest BCUT2D eigenvalue weighted by molar-refractivity contribution is 6.10. The van der Waals surface area contributed by atoms with Crippen molar-refractivity contribution in [3.63, 3.8) is 0 Å². The van der Waals surface area contributed by atoms with E-state index < -0.39 is 5.92 Å². The molecule has 0 aromatic heterocycles. The summed E-state index contributed by atoms with van der Waals surface area (Å²) < 4.78 is 15.8. The van der Waals surface area contributed by atoms with E-state index in [4.69, 9.17) is 14.2 Å². The van der Waals surface area contributed by atoms with Crippen molar-refractivity contribution < 1.29 is 23.8 Å². The molecule has 1 unspecified atom stereocenters. The number of benzene rings is 1. The van der Waals surface area contributed by atoms with Crippen molar-refractivity contribution >= 4 is 11.6 Å². The smallest absolute Gasteiger partial charge is 0.148 e. The molecular formula is C14H16O5. The third kappa shape index (κ3) is 2.41. The fourth-order valence-electron chi connectivity index (χ4n) is 2.37. The molecule has 1 fully saturated rings. The predicted octanol–water partition coefficient (Wildman–Crippen LogP) is 1.73. The first-order valence-electron chi connectivity index (χ1n) is 5.95. The molecule has 1 aliphatic carbocycles. The molecule has 0 N–H and O–H groups in total. The maximum Gasteiger partial charge on any atom is 0.148 e. The standard InChI is InChI=1S/C14H16O5/c1-17-9-6-12(18-2)14(13(7-9)19-3)10-4-8(15)5-11(10)16/h6-7,10H,4-5H2,1-3H3. The van der Waals surface area contributed by atoms with Gasteiger partial charge >= 0.3 is 0 Å². The lowest BCUT2D eigenvalue weighted by molar-refractivity contribution is -0.121. The van der Waals surface area contributed by atoms with Gasteiger partial charge in [0.1, 0.15) is 28.8 Å². The Hall–Kier alpha value is -2.04. The molecule has 2 rings (SSSR count). The van der Waals surface area contributed by atoms with Gasteiger partial charge in [0.05, 0.1) is 33.7 Å². The van der Waals surface area contributed by atoms with E-state index in [1.54, 1.807) is 12.1 Å². The van der Waals surface area contributed by atoms with Crippen LogP contribution in [0.5, 0.6) is 17.2 Å². The van der Waals surface area contributed by atoms with Gasteiger partial charge in [-0.1, -0.05) is 0 Å². The number of Topliss-reactive ketones (excluding diaryl/α,β-unsaturated/α-hetero) is 2. The SMILES string of the molecule is COc1cc(OC)c(C2CC(=O)CC2=O)c(OC)c1. The van der Waals surface area contributed by atoms with Gasteiger partial charge in [0.2, 0.25) is 0 Å². The van der Waals surface area contributed by atoms with Crippen molar-refractivity contribution in [3.8, 4) is 17.2 Å². The molecule has 0 aliphatic heterocycles. The summed E-state index contributed by atoms with van der Waals surface area (Å²) in [7, 11) is 4.57. The summed E-state index contributed by atoms with van der Waals surface area (Å²) in [4.78, 5) is 23.3. The molecule has 0 amide bonds. The number of ketones is 2. The van der Waals surface area contributed by atoms with Gasteiger partial charge in [-0.2, -0.15) is 0 Å². The molecule has 0 heterocycles. The molecule has 1 aromatic carbocycles. The summed E-state index contributed by atoms with van der Waals surface area (Å²) in [6.07, 6.45) is 0.195. The average molecular weight is 264 g/mol. The van der Waals surface area contributed by atoms with E-state index in [1.165, 1.54) is 21.3 Å². The van der Waals surface area contributed by atoms with Crippen LogP contribution in [0.25, 0.3) is 0 Å². The van der Waals surface area contributed by atoms with Gasteiger partial charge in [-0.25, -0.2) is 0 Å². The molecule has 1 atom stereocenters. The molecule has 19 heavy (non-hydrogen) atoms. The van der Waals surface area contributed by atoms with Gasteiger partial charge in [-0.05, 0) is 0 Å². The second-order valence-corrected chi connectivity index (χ2v) is 4.38. The van der Waals surface area contributed by atoms with E-state index in [0.717, 1.165) is 0 Å². The average Bonchev–Trinajstić information content (AvgIpc) is 2.75. The Labute approximate surface area is 111 Å². The summed E-state index contributed by atoms with van der Waals surface area (Å²) in [6.45, 7) is 0. The summed E-state index contributed by atoms with van der Waals surface area (Å²) in [5.74, 6) is 0.965. The van der Waals surface area contributed by atoms with Crippen LogP contribution in [0.1, 0.15) is 24.3 Å². The van der Waals surface area contributed by atoms with Crippen LogP contribution in [0.15, 0.2) is 12.1 Å². The molecule has 0 radical (unpaired) electrons. The number of carbonyl (C=O) groups excluding carboxylic acids is 2. The Balaban J connectivity index is 2.54. The minimum Gasteiger partial charge on any atom is -0.496 e. The fourth-order valence-corrected chi connectivity index (χ4v) is 2.37. The number of rotatable bonds is 4. The molecule has 1 aliphatic rings. The fraction of sp³-hybridized carbons (Fsp3) is 0.429. The molecule has 1 aromatic rings. The van der Waals surface area contributed by atoms with Gasteiger partial charge in [0.15, 0.2) is 0 Å². The van der Waals surface area contributed by atoms with Crippen molar-refractivity contribution in [2.45, 2.75) is 18.8 Å². The third-order valence-electron chi connectivity index (χ3n) is 3.29. The zero-order valence-electron chi connectivity index (χ0n) is 11.2. The van der Waals surface area contributed by atoms with Crippen LogP contribution in [0.2, 0.25) is 0 Å². The van der Waals surface area contributed by atoms with E-state index in [9.17, 15) is 9.59 Å². The summed E-state index contributed by atoms with van der Waals surface area (Å²) >= 11 is 0. The number of methoxy groups -OCH3 is 3. The second-order valence-electron chi connectivity index (χ2n) is 4.38. The van der Waals surface area contributed by atoms with Crippen LogP contribution in [-0.4, -0.2) is 32.9 Å². The minimum atomic E-state index is -0.483. The molecule has 5 heteroatoms. The van der Waals surface area contributed by atoms with Crippen molar-refractivity contribution in [1.29, 1.82) is 0 Å². The lowest BCUT2D eigenvalue weighted by Gasteiger charge is -2.18. The lowest BCUT2D eigenvalue weighted by atomic mass is 9.94. The number of hydrogen-bond acceptors (Lipinski definition) is 5. The predicted molar refractivity (Wildman–Crippen MR) is 68.1 cm³/mol. The maximum atomic E-state index is 11.9. The number of ether oxygens (including phenoxy) is 3. The Morgan fingerprint density at radius 2 is 1.58 bits per heavy atom. The molecule has 5 nitrogen and oxygen atoms in total. The van der Waals surface area contributed by atoms with Gasteiger partial charge < -0.3 is 14.2 Å². The number of carbonyl (C=O) groups is 2. The van der Waals surface area contributed by atoms with Gasteiger partial charge in [0, 0.05) is 24.1 Å². The van der Waals surface area contributed by atoms with Crippen molar-refractivity contribution in [2.24, 2.45) is 0 Å². The second kappa shape index (κ2) is 5.30. The molecule has 102 valence electrons. The Morgan fingerprint density at radius 3 is 1.95 bits per heavy atom. The zero-order chi connectivity index (χ0) is 14.0. The van der Waals surface area contributed by atoms with E-state index in [2.05, 4.69) is 0 Å². The van der Waals surface area contributed by atoms with Crippen LogP contribution in [0, 0.1) is 0 Å². The van der Waals surface area contributed by atoms with Gasteiger partial charge in [-0.15, -0.1) is 0 Å². The maximum absolute atomic E-state index is 11.9. The van der Waals surface area contributed by atoms with Crippen LogP contribution >= 0.6 is 0 Å². The molecule has 0 spiro atoms. The monoisotopic (exact) mass is 264 g/mol. The largest absolute Gasteiger partial charge is 0.496 e. The van der Waals surface area contributed by atoms with Crippen molar-refractivity contribution in [3.05, 3.63) is 17.7 Å². The van der Waals surface area contributed by atoms with Crippen LogP contribution in [0.4, 0.5) is 0 Å². The van der Waals surface area contributed by atoms with E-state index in [1.807, 2.05) is 0 Å². The summed E-state index contributed by atoms with van der Waals surface area (Å²) in [5.41, 5.74) is 0.627. The quantitative estimate of drug-likeness (QED) is 0.775. The van der Waals surface area contributed by atoms with Gasteiger partial charge in [-0.3, -0.25) is 9.59 Å². The topological polar surface area (TPSA) is 61.8 Å².